The molecule has 0 saturated carbocycles. The first-order chi connectivity index (χ1) is 18.2. The summed E-state index contributed by atoms with van der Waals surface area (Å²) in [6.45, 7) is 6.84. The molecule has 0 aliphatic rings. The molecule has 0 radical (unpaired) electrons. The number of rotatable bonds is 9. The maximum absolute atomic E-state index is 12.7. The number of hydrogen-bond donors (Lipinski definition) is 1. The Balaban J connectivity index is 1.46. The second kappa shape index (κ2) is 11.1. The van der Waals surface area contributed by atoms with Gasteiger partial charge >= 0.3 is 5.69 Å². The largest absolute Gasteiger partial charge is 0.493 e. The molecule has 10 heteroatoms. The van der Waals surface area contributed by atoms with Crippen LogP contribution in [0.25, 0.3) is 10.8 Å². The summed E-state index contributed by atoms with van der Waals surface area (Å²) in [5.41, 5.74) is 5.33. The molecule has 0 fully saturated rings. The molecule has 3 aromatic carbocycles. The summed E-state index contributed by atoms with van der Waals surface area (Å²) in [6, 6.07) is 18.9. The van der Waals surface area contributed by atoms with Gasteiger partial charge in [0.1, 0.15) is 24.0 Å². The topological polar surface area (TPSA) is 121 Å². The first-order valence-corrected chi connectivity index (χ1v) is 12.0. The lowest BCUT2D eigenvalue weighted by Crippen LogP contribution is -2.29. The maximum Gasteiger partial charge on any atom is 0.312 e. The number of benzene rings is 3. The molecular formula is C28H29N5O5. The van der Waals surface area contributed by atoms with E-state index >= 15 is 0 Å². The third-order valence-corrected chi connectivity index (χ3v) is 6.39. The monoisotopic (exact) mass is 515 g/mol. The Kier molecular flexibility index (Phi) is 7.71. The zero-order valence-electron chi connectivity index (χ0n) is 21.9. The molecule has 0 saturated heterocycles. The van der Waals surface area contributed by atoms with Crippen molar-refractivity contribution >= 4 is 28.1 Å². The standard InChI is InChI=1S/C28H29N5O5/c1-17(29-30-28(34)20(4)32-19(3)27(33(35)36)18(2)31-32)22-13-14-25(26(15-22)37-5)38-16-23-11-8-10-21-9-6-7-12-24(21)23/h6-15,20H,16H2,1-5H3,(H,30,34). The van der Waals surface area contributed by atoms with Crippen molar-refractivity contribution < 1.29 is 19.2 Å². The van der Waals surface area contributed by atoms with Crippen molar-refractivity contribution in [3.63, 3.8) is 0 Å². The fourth-order valence-corrected chi connectivity index (χ4v) is 4.29. The lowest BCUT2D eigenvalue weighted by molar-refractivity contribution is -0.386. The Morgan fingerprint density at radius 2 is 1.87 bits per heavy atom. The Morgan fingerprint density at radius 3 is 2.58 bits per heavy atom. The van der Waals surface area contributed by atoms with Crippen LogP contribution in [0.1, 0.15) is 42.4 Å². The van der Waals surface area contributed by atoms with Crippen LogP contribution >= 0.6 is 0 Å². The summed E-state index contributed by atoms with van der Waals surface area (Å²) in [6.07, 6.45) is 0. The first kappa shape index (κ1) is 26.3. The first-order valence-electron chi connectivity index (χ1n) is 12.0. The van der Waals surface area contributed by atoms with Crippen LogP contribution in [0.4, 0.5) is 5.69 Å². The van der Waals surface area contributed by atoms with Crippen molar-refractivity contribution in [2.75, 3.05) is 7.11 Å². The van der Waals surface area contributed by atoms with Gasteiger partial charge in [0, 0.05) is 5.56 Å². The number of aromatic nitrogens is 2. The van der Waals surface area contributed by atoms with Crippen LogP contribution in [0.5, 0.6) is 11.5 Å². The highest BCUT2D eigenvalue weighted by molar-refractivity contribution is 6.00. The summed E-state index contributed by atoms with van der Waals surface area (Å²) in [5.74, 6) is 0.666. The van der Waals surface area contributed by atoms with Crippen LogP contribution in [0.2, 0.25) is 0 Å². The van der Waals surface area contributed by atoms with Crippen molar-refractivity contribution in [2.24, 2.45) is 5.10 Å². The number of fused-ring (bicyclic) bond motifs is 1. The SMILES string of the molecule is COc1cc(C(C)=NNC(=O)C(C)n2nc(C)c([N+](=O)[O-])c2C)ccc1OCc1cccc2ccccc12. The molecule has 10 nitrogen and oxygen atoms in total. The average molecular weight is 516 g/mol. The number of methoxy groups -OCH3 is 1. The Morgan fingerprint density at radius 1 is 1.13 bits per heavy atom. The van der Waals surface area contributed by atoms with E-state index in [1.54, 1.807) is 40.0 Å². The molecule has 1 N–H and O–H groups in total. The van der Waals surface area contributed by atoms with Crippen LogP contribution in [0.15, 0.2) is 65.8 Å². The zero-order valence-corrected chi connectivity index (χ0v) is 21.9. The van der Waals surface area contributed by atoms with E-state index in [4.69, 9.17) is 9.47 Å². The van der Waals surface area contributed by atoms with E-state index in [0.717, 1.165) is 21.9 Å². The van der Waals surface area contributed by atoms with Crippen molar-refractivity contribution in [2.45, 2.75) is 40.3 Å². The molecule has 1 amide bonds. The lowest BCUT2D eigenvalue weighted by atomic mass is 10.1. The molecule has 4 aromatic rings. The van der Waals surface area contributed by atoms with E-state index < -0.39 is 16.9 Å². The Bertz CT molecular complexity index is 1540. The molecule has 1 aromatic heterocycles. The van der Waals surface area contributed by atoms with Crippen molar-refractivity contribution in [1.29, 1.82) is 0 Å². The molecule has 0 spiro atoms. The van der Waals surface area contributed by atoms with Crippen molar-refractivity contribution in [3.05, 3.63) is 93.3 Å². The highest BCUT2D eigenvalue weighted by atomic mass is 16.6. The van der Waals surface area contributed by atoms with Crippen LogP contribution in [0, 0.1) is 24.0 Å². The number of ether oxygens (including phenoxy) is 2. The highest BCUT2D eigenvalue weighted by Crippen LogP contribution is 2.30. The van der Waals surface area contributed by atoms with Gasteiger partial charge in [-0.1, -0.05) is 42.5 Å². The quantitative estimate of drug-likeness (QED) is 0.185. The van der Waals surface area contributed by atoms with Crippen LogP contribution in [-0.2, 0) is 11.4 Å². The second-order valence-electron chi connectivity index (χ2n) is 8.86. The van der Waals surface area contributed by atoms with Crippen molar-refractivity contribution in [3.8, 4) is 11.5 Å². The lowest BCUT2D eigenvalue weighted by Gasteiger charge is -2.14. The predicted octanol–water partition coefficient (Wildman–Crippen LogP) is 5.25. The van der Waals surface area contributed by atoms with Crippen LogP contribution in [0.3, 0.4) is 0 Å². The molecule has 38 heavy (non-hydrogen) atoms. The smallest absolute Gasteiger partial charge is 0.312 e. The number of nitrogens with one attached hydrogen (secondary N) is 1. The van der Waals surface area contributed by atoms with Gasteiger partial charge in [-0.05, 0) is 62.2 Å². The second-order valence-corrected chi connectivity index (χ2v) is 8.86. The van der Waals surface area contributed by atoms with Gasteiger partial charge in [0.25, 0.3) is 5.91 Å². The number of carbonyl (C=O) groups excluding carboxylic acids is 1. The van der Waals surface area contributed by atoms with Gasteiger partial charge in [0.05, 0.1) is 17.7 Å². The van der Waals surface area contributed by atoms with Gasteiger partial charge in [-0.2, -0.15) is 10.2 Å². The van der Waals surface area contributed by atoms with Gasteiger partial charge in [-0.25, -0.2) is 5.43 Å². The Labute approximate surface area is 220 Å². The van der Waals surface area contributed by atoms with Crippen molar-refractivity contribution in [1.82, 2.24) is 15.2 Å². The number of hydrogen-bond acceptors (Lipinski definition) is 7. The molecule has 1 heterocycles. The highest BCUT2D eigenvalue weighted by Gasteiger charge is 2.27. The van der Waals surface area contributed by atoms with E-state index in [1.165, 1.54) is 11.6 Å². The minimum absolute atomic E-state index is 0.0980. The number of aryl methyl sites for hydroxylation is 1. The number of carbonyl (C=O) groups is 1. The van der Waals surface area contributed by atoms with Gasteiger partial charge < -0.3 is 9.47 Å². The Hall–Kier alpha value is -4.73. The number of amides is 1. The molecule has 0 bridgehead atoms. The van der Waals surface area contributed by atoms with Crippen LogP contribution in [-0.4, -0.2) is 33.4 Å². The zero-order chi connectivity index (χ0) is 27.4. The molecule has 4 rings (SSSR count). The minimum atomic E-state index is -0.793. The molecule has 196 valence electrons. The minimum Gasteiger partial charge on any atom is -0.493 e. The summed E-state index contributed by atoms with van der Waals surface area (Å²) < 4.78 is 13.0. The third kappa shape index (κ3) is 5.34. The molecule has 0 aliphatic heterocycles. The molecular weight excluding hydrogens is 486 g/mol. The van der Waals surface area contributed by atoms with E-state index in [-0.39, 0.29) is 11.4 Å². The molecule has 0 aliphatic carbocycles. The van der Waals surface area contributed by atoms with E-state index in [1.807, 2.05) is 30.3 Å². The fourth-order valence-electron chi connectivity index (χ4n) is 4.29. The summed E-state index contributed by atoms with van der Waals surface area (Å²) in [7, 11) is 1.56. The van der Waals surface area contributed by atoms with Gasteiger partial charge in [-0.3, -0.25) is 19.6 Å². The number of hydrazone groups is 1. The van der Waals surface area contributed by atoms with Crippen LogP contribution < -0.4 is 14.9 Å². The predicted molar refractivity (Wildman–Crippen MR) is 145 cm³/mol. The third-order valence-electron chi connectivity index (χ3n) is 6.39. The van der Waals surface area contributed by atoms with Gasteiger partial charge in [-0.15, -0.1) is 0 Å². The molecule has 1 atom stereocenters. The normalized spacial score (nSPS) is 12.3. The van der Waals surface area contributed by atoms with Gasteiger partial charge in [0.15, 0.2) is 11.5 Å². The van der Waals surface area contributed by atoms with E-state index in [0.29, 0.717) is 29.5 Å². The summed E-state index contributed by atoms with van der Waals surface area (Å²) in [5, 5.41) is 21.9. The number of nitrogens with zero attached hydrogens (tertiary/aromatic N) is 4. The maximum atomic E-state index is 12.7. The average Bonchev–Trinajstić information content (AvgIpc) is 3.23. The summed E-state index contributed by atoms with van der Waals surface area (Å²) >= 11 is 0. The van der Waals surface area contributed by atoms with E-state index in [2.05, 4.69) is 33.8 Å². The van der Waals surface area contributed by atoms with E-state index in [9.17, 15) is 14.9 Å². The number of nitro groups is 1. The van der Waals surface area contributed by atoms with Gasteiger partial charge in [0.2, 0.25) is 0 Å². The fraction of sp³-hybridized carbons (Fsp3) is 0.250. The summed E-state index contributed by atoms with van der Waals surface area (Å²) in [4.78, 5) is 23.5. The molecule has 1 unspecified atom stereocenters.